The van der Waals surface area contributed by atoms with Crippen LogP contribution >= 0.6 is 38.6 Å². The van der Waals surface area contributed by atoms with Crippen molar-refractivity contribution >= 4 is 83.9 Å². The van der Waals surface area contributed by atoms with Crippen molar-refractivity contribution in [1.29, 1.82) is 0 Å². The maximum Gasteiger partial charge on any atom is 0.490 e. The maximum atomic E-state index is 12.9. The van der Waals surface area contributed by atoms with Crippen LogP contribution in [0.1, 0.15) is 150 Å². The van der Waals surface area contributed by atoms with Crippen molar-refractivity contribution < 1.29 is 28.4 Å². The van der Waals surface area contributed by atoms with Crippen molar-refractivity contribution in [1.82, 2.24) is 29.6 Å². The van der Waals surface area contributed by atoms with Crippen molar-refractivity contribution in [3.63, 3.8) is 0 Å². The van der Waals surface area contributed by atoms with E-state index in [1.807, 2.05) is 51.3 Å². The number of fused-ring (bicyclic) bond motifs is 2. The molecule has 4 aromatic rings. The molecule has 382 valence electrons. The van der Waals surface area contributed by atoms with Gasteiger partial charge in [-0.15, -0.1) is 22.7 Å². The number of hydrogen-bond donors (Lipinski definition) is 0. The molecule has 0 spiro atoms. The van der Waals surface area contributed by atoms with E-state index in [2.05, 4.69) is 135 Å². The fourth-order valence-corrected chi connectivity index (χ4v) is 11.8. The van der Waals surface area contributed by atoms with Crippen LogP contribution < -0.4 is 0 Å². The van der Waals surface area contributed by atoms with Crippen molar-refractivity contribution in [2.24, 2.45) is 11.8 Å². The standard InChI is InChI=1S/C24H33N3O2S.C18H23BrN2O2S.C12H22BNO2/c1-16-6-8-20(27(15-16)23(28)29-24(2,3)4)18-7-9-21-19(14-18)25-22(30-21)17-10-12-26(5)13-11-17;1-11-5-7-14(21(10-11)17(22)23-18(2,3)4)12-6-8-15-13(9-12)20-16(19)24-15;1-11(2)12(3,4)16-13(15-11)10-6-8-14(5)9-7-10/h7,9-10,14,16,20H,6,8,11-13,15H2,1-5H3;6,8-9,11,14H,5,7,10H2,1-4H3;6H,7-9H2,1-5H3. The molecule has 70 heavy (non-hydrogen) atoms. The first kappa shape index (κ1) is 54.4. The lowest BCUT2D eigenvalue weighted by Gasteiger charge is -2.39. The highest BCUT2D eigenvalue weighted by molar-refractivity contribution is 9.11. The van der Waals surface area contributed by atoms with Crippen LogP contribution in [0.25, 0.3) is 26.0 Å². The van der Waals surface area contributed by atoms with Crippen LogP contribution in [0.3, 0.4) is 0 Å². The zero-order valence-electron chi connectivity index (χ0n) is 44.3. The Morgan fingerprint density at radius 2 is 1.17 bits per heavy atom. The third kappa shape index (κ3) is 13.8. The van der Waals surface area contributed by atoms with Gasteiger partial charge in [0.2, 0.25) is 0 Å². The number of nitrogens with zero attached hydrogens (tertiary/aromatic N) is 6. The van der Waals surface area contributed by atoms with Crippen molar-refractivity contribution in [2.45, 2.75) is 156 Å². The molecule has 3 fully saturated rings. The quantitative estimate of drug-likeness (QED) is 0.183. The molecular formula is C54H78BBrN6O6S2. The maximum absolute atomic E-state index is 12.9. The number of hydrogen-bond acceptors (Lipinski definition) is 12. The molecule has 0 aliphatic carbocycles. The summed E-state index contributed by atoms with van der Waals surface area (Å²) in [6.45, 7) is 29.9. The molecule has 4 unspecified atom stereocenters. The Kier molecular flexibility index (Phi) is 17.1. The van der Waals surface area contributed by atoms with Gasteiger partial charge in [-0.1, -0.05) is 38.1 Å². The summed E-state index contributed by atoms with van der Waals surface area (Å²) in [4.78, 5) is 43.5. The molecule has 12 nitrogen and oxygen atoms in total. The Morgan fingerprint density at radius 1 is 0.700 bits per heavy atom. The molecule has 16 heteroatoms. The first-order chi connectivity index (χ1) is 32.7. The van der Waals surface area contributed by atoms with Crippen molar-refractivity contribution in [2.75, 3.05) is 53.4 Å². The average Bonchev–Trinajstić information content (AvgIpc) is 3.93. The van der Waals surface area contributed by atoms with E-state index in [1.165, 1.54) is 15.7 Å². The lowest BCUT2D eigenvalue weighted by molar-refractivity contribution is 0.00278. The third-order valence-corrected chi connectivity index (χ3v) is 16.7. The highest BCUT2D eigenvalue weighted by atomic mass is 79.9. The van der Waals surface area contributed by atoms with Gasteiger partial charge in [-0.3, -0.25) is 0 Å². The number of aromatic nitrogens is 2. The summed E-state index contributed by atoms with van der Waals surface area (Å²) in [7, 11) is 4.15. The summed E-state index contributed by atoms with van der Waals surface area (Å²) in [5.41, 5.74) is 5.57. The Morgan fingerprint density at radius 3 is 1.63 bits per heavy atom. The number of carbonyl (C=O) groups excluding carboxylic acids is 2. The summed E-state index contributed by atoms with van der Waals surface area (Å²) in [6.07, 6.45) is 10.3. The van der Waals surface area contributed by atoms with E-state index in [0.717, 1.165) is 114 Å². The molecule has 2 aromatic heterocycles. The van der Waals surface area contributed by atoms with Gasteiger partial charge in [0.15, 0.2) is 3.92 Å². The van der Waals surface area contributed by atoms with E-state index < -0.39 is 11.2 Å². The second kappa shape index (κ2) is 22.0. The van der Waals surface area contributed by atoms with Gasteiger partial charge in [0.25, 0.3) is 0 Å². The number of piperidine rings is 2. The molecule has 9 rings (SSSR count). The van der Waals surface area contributed by atoms with Gasteiger partial charge in [0.1, 0.15) is 16.2 Å². The number of ether oxygens (including phenoxy) is 2. The molecule has 2 amide bonds. The number of benzene rings is 2. The smallest absolute Gasteiger partial charge is 0.444 e. The molecular weight excluding hydrogens is 983 g/mol. The van der Waals surface area contributed by atoms with Crippen LogP contribution in [-0.2, 0) is 18.8 Å². The summed E-state index contributed by atoms with van der Waals surface area (Å²) >= 11 is 6.84. The minimum absolute atomic E-state index is 0.0492. The fraction of sp³-hybridized carbons (Fsp3) is 0.630. The van der Waals surface area contributed by atoms with Gasteiger partial charge in [-0.2, -0.15) is 0 Å². The minimum Gasteiger partial charge on any atom is -0.444 e. The largest absolute Gasteiger partial charge is 0.490 e. The Bertz CT molecular complexity index is 2530. The Labute approximate surface area is 434 Å². The summed E-state index contributed by atoms with van der Waals surface area (Å²) in [6, 6.07) is 13.0. The number of likely N-dealkylation sites (N-methyl/N-ethyl adjacent to an activating group) is 2. The monoisotopic (exact) mass is 1060 g/mol. The SMILES string of the molecule is CC1CCC(c2ccc3sc(Br)nc3c2)N(C(=O)OC(C)(C)C)C1.CC1CCC(c2ccc3sc(C4=CCN(C)CC4)nc3c2)N(C(=O)OC(C)(C)C)C1.CN1CC=C(B2OC(C)(C)C(C)(C)O2)CC1. The van der Waals surface area contributed by atoms with Gasteiger partial charge in [0, 0.05) is 39.3 Å². The van der Waals surface area contributed by atoms with Crippen LogP contribution in [0.4, 0.5) is 9.59 Å². The van der Waals surface area contributed by atoms with E-state index in [0.29, 0.717) is 11.8 Å². The summed E-state index contributed by atoms with van der Waals surface area (Å²) in [5, 5.41) is 1.14. The van der Waals surface area contributed by atoms with E-state index >= 15 is 0 Å². The Hall–Kier alpha value is -3.38. The van der Waals surface area contributed by atoms with Crippen LogP contribution in [0, 0.1) is 11.8 Å². The minimum atomic E-state index is -0.488. The number of likely N-dealkylation sites (tertiary alicyclic amines) is 2. The molecule has 2 aromatic carbocycles. The first-order valence-corrected chi connectivity index (χ1v) is 27.7. The van der Waals surface area contributed by atoms with E-state index in [4.69, 9.17) is 23.8 Å². The highest BCUT2D eigenvalue weighted by Crippen LogP contribution is 2.41. The lowest BCUT2D eigenvalue weighted by atomic mass is 9.75. The molecule has 3 saturated heterocycles. The molecule has 4 atom stereocenters. The topological polar surface area (TPSA) is 110 Å². The number of rotatable bonds is 4. The number of carbonyl (C=O) groups is 2. The zero-order chi connectivity index (χ0) is 50.9. The Balaban J connectivity index is 0.000000162. The van der Waals surface area contributed by atoms with Gasteiger partial charge >= 0.3 is 19.3 Å². The van der Waals surface area contributed by atoms with Crippen LogP contribution in [0.5, 0.6) is 0 Å². The number of halogens is 1. The molecule has 0 radical (unpaired) electrons. The molecule has 0 bridgehead atoms. The predicted octanol–water partition coefficient (Wildman–Crippen LogP) is 13.4. The van der Waals surface area contributed by atoms with Crippen LogP contribution in [0.2, 0.25) is 0 Å². The van der Waals surface area contributed by atoms with Gasteiger partial charge in [-0.25, -0.2) is 19.6 Å². The van der Waals surface area contributed by atoms with Gasteiger partial charge in [0.05, 0.1) is 43.7 Å². The number of thiazole rings is 2. The second-order valence-electron chi connectivity index (χ2n) is 23.2. The molecule has 0 saturated carbocycles. The highest BCUT2D eigenvalue weighted by Gasteiger charge is 2.52. The molecule has 7 heterocycles. The first-order valence-electron chi connectivity index (χ1n) is 25.3. The van der Waals surface area contributed by atoms with Gasteiger partial charge in [-0.05, 0) is 196 Å². The van der Waals surface area contributed by atoms with Crippen LogP contribution in [-0.4, -0.2) is 125 Å². The van der Waals surface area contributed by atoms with E-state index in [1.54, 1.807) is 22.7 Å². The zero-order valence-corrected chi connectivity index (χ0v) is 47.5. The van der Waals surface area contributed by atoms with E-state index in [-0.39, 0.29) is 42.6 Å². The number of amides is 2. The van der Waals surface area contributed by atoms with E-state index in [9.17, 15) is 9.59 Å². The average molecular weight is 1060 g/mol. The third-order valence-electron chi connectivity index (χ3n) is 14.1. The van der Waals surface area contributed by atoms with Crippen molar-refractivity contribution in [3.8, 4) is 0 Å². The second-order valence-corrected chi connectivity index (χ2v) is 26.6. The summed E-state index contributed by atoms with van der Waals surface area (Å²) < 4.78 is 26.7. The lowest BCUT2D eigenvalue weighted by Crippen LogP contribution is -2.44. The van der Waals surface area contributed by atoms with Gasteiger partial charge < -0.3 is 38.4 Å². The molecule has 0 N–H and O–H groups in total. The van der Waals surface area contributed by atoms with Crippen LogP contribution in [0.15, 0.2) is 57.9 Å². The fourth-order valence-electron chi connectivity index (χ4n) is 9.42. The predicted molar refractivity (Wildman–Crippen MR) is 291 cm³/mol. The molecule has 5 aliphatic heterocycles. The normalized spacial score (nSPS) is 24.3. The van der Waals surface area contributed by atoms with Crippen molar-refractivity contribution in [3.05, 3.63) is 74.1 Å². The molecule has 5 aliphatic rings. The summed E-state index contributed by atoms with van der Waals surface area (Å²) in [5.74, 6) is 0.977.